The first-order chi connectivity index (χ1) is 10.6. The third-order valence-corrected chi connectivity index (χ3v) is 3.32. The highest BCUT2D eigenvalue weighted by Crippen LogP contribution is 2.10. The zero-order valence-electron chi connectivity index (χ0n) is 13.3. The van der Waals surface area contributed by atoms with Crippen molar-refractivity contribution >= 4 is 11.9 Å². The highest BCUT2D eigenvalue weighted by Gasteiger charge is 2.10. The van der Waals surface area contributed by atoms with Crippen LogP contribution in [0.4, 0.5) is 5.95 Å². The molecule has 1 aromatic carbocycles. The van der Waals surface area contributed by atoms with Gasteiger partial charge < -0.3 is 10.6 Å². The number of aryl methyl sites for hydroxylation is 2. The summed E-state index contributed by atoms with van der Waals surface area (Å²) in [7, 11) is 0. The second kappa shape index (κ2) is 7.54. The van der Waals surface area contributed by atoms with Gasteiger partial charge in [0.05, 0.1) is 0 Å². The standard InChI is InChI=1S/C17H22N4O/c1-4-9-18-16(22)15-10-13(3)20-17(21-15)19-11-14-8-6-5-7-12(14)2/h5-8,10H,4,9,11H2,1-3H3,(H,18,22)(H,19,20,21). The van der Waals surface area contributed by atoms with Gasteiger partial charge in [0, 0.05) is 18.8 Å². The van der Waals surface area contributed by atoms with Crippen LogP contribution in [0, 0.1) is 13.8 Å². The maximum atomic E-state index is 12.0. The van der Waals surface area contributed by atoms with Crippen molar-refractivity contribution in [3.8, 4) is 0 Å². The quantitative estimate of drug-likeness (QED) is 0.860. The Kier molecular flexibility index (Phi) is 5.47. The molecule has 0 unspecified atom stereocenters. The van der Waals surface area contributed by atoms with Crippen LogP contribution in [0.25, 0.3) is 0 Å². The average Bonchev–Trinajstić information content (AvgIpc) is 2.51. The van der Waals surface area contributed by atoms with E-state index in [0.29, 0.717) is 24.7 Å². The Hall–Kier alpha value is -2.43. The molecule has 0 atom stereocenters. The summed E-state index contributed by atoms with van der Waals surface area (Å²) in [5.41, 5.74) is 3.56. The first-order valence-electron chi connectivity index (χ1n) is 7.52. The van der Waals surface area contributed by atoms with E-state index in [1.54, 1.807) is 6.07 Å². The van der Waals surface area contributed by atoms with E-state index < -0.39 is 0 Å². The molecule has 5 nitrogen and oxygen atoms in total. The third-order valence-electron chi connectivity index (χ3n) is 3.32. The van der Waals surface area contributed by atoms with E-state index in [-0.39, 0.29) is 5.91 Å². The number of carbonyl (C=O) groups excluding carboxylic acids is 1. The maximum Gasteiger partial charge on any atom is 0.270 e. The van der Waals surface area contributed by atoms with E-state index in [1.807, 2.05) is 26.0 Å². The summed E-state index contributed by atoms with van der Waals surface area (Å²) in [5, 5.41) is 6.02. The van der Waals surface area contributed by atoms with Crippen LogP contribution in [0.15, 0.2) is 30.3 Å². The molecule has 116 valence electrons. The zero-order valence-corrected chi connectivity index (χ0v) is 13.3. The van der Waals surface area contributed by atoms with Crippen LogP contribution in [-0.2, 0) is 6.54 Å². The molecule has 0 spiro atoms. The lowest BCUT2D eigenvalue weighted by Gasteiger charge is -2.10. The summed E-state index contributed by atoms with van der Waals surface area (Å²) in [6.07, 6.45) is 0.897. The van der Waals surface area contributed by atoms with Gasteiger partial charge in [-0.2, -0.15) is 0 Å². The monoisotopic (exact) mass is 298 g/mol. The molecular weight excluding hydrogens is 276 g/mol. The van der Waals surface area contributed by atoms with Crippen molar-refractivity contribution in [1.82, 2.24) is 15.3 Å². The van der Waals surface area contributed by atoms with Gasteiger partial charge in [-0.25, -0.2) is 9.97 Å². The summed E-state index contributed by atoms with van der Waals surface area (Å²) >= 11 is 0. The summed E-state index contributed by atoms with van der Waals surface area (Å²) in [4.78, 5) is 20.6. The first-order valence-corrected chi connectivity index (χ1v) is 7.52. The smallest absolute Gasteiger partial charge is 0.270 e. The van der Waals surface area contributed by atoms with Crippen LogP contribution in [0.3, 0.4) is 0 Å². The van der Waals surface area contributed by atoms with Crippen molar-refractivity contribution in [2.75, 3.05) is 11.9 Å². The number of nitrogens with one attached hydrogen (secondary N) is 2. The number of rotatable bonds is 6. The number of anilines is 1. The minimum Gasteiger partial charge on any atom is -0.351 e. The molecule has 0 bridgehead atoms. The number of hydrogen-bond donors (Lipinski definition) is 2. The predicted molar refractivity (Wildman–Crippen MR) is 87.9 cm³/mol. The van der Waals surface area contributed by atoms with E-state index in [0.717, 1.165) is 12.1 Å². The molecule has 0 saturated carbocycles. The molecule has 22 heavy (non-hydrogen) atoms. The van der Waals surface area contributed by atoms with Gasteiger partial charge in [0.2, 0.25) is 5.95 Å². The molecule has 5 heteroatoms. The van der Waals surface area contributed by atoms with Gasteiger partial charge in [0.1, 0.15) is 5.69 Å². The van der Waals surface area contributed by atoms with Gasteiger partial charge in [0.25, 0.3) is 5.91 Å². The molecule has 2 N–H and O–H groups in total. The maximum absolute atomic E-state index is 12.0. The van der Waals surface area contributed by atoms with Gasteiger partial charge >= 0.3 is 0 Å². The van der Waals surface area contributed by atoms with Crippen molar-refractivity contribution in [2.24, 2.45) is 0 Å². The number of carbonyl (C=O) groups is 1. The lowest BCUT2D eigenvalue weighted by atomic mass is 10.1. The van der Waals surface area contributed by atoms with Crippen molar-refractivity contribution in [3.05, 3.63) is 52.8 Å². The number of hydrogen-bond acceptors (Lipinski definition) is 4. The molecule has 0 aliphatic heterocycles. The number of aromatic nitrogens is 2. The Morgan fingerprint density at radius 1 is 1.18 bits per heavy atom. The summed E-state index contributed by atoms with van der Waals surface area (Å²) in [6, 6.07) is 9.84. The van der Waals surface area contributed by atoms with Gasteiger partial charge in [0.15, 0.2) is 0 Å². The second-order valence-corrected chi connectivity index (χ2v) is 5.25. The largest absolute Gasteiger partial charge is 0.351 e. The van der Waals surface area contributed by atoms with E-state index in [9.17, 15) is 4.79 Å². The lowest BCUT2D eigenvalue weighted by molar-refractivity contribution is 0.0948. The minimum atomic E-state index is -0.161. The van der Waals surface area contributed by atoms with E-state index in [1.165, 1.54) is 11.1 Å². The molecule has 1 amide bonds. The Labute approximate surface area is 131 Å². The highest BCUT2D eigenvalue weighted by molar-refractivity contribution is 5.92. The van der Waals surface area contributed by atoms with Crippen LogP contribution in [0.1, 0.15) is 40.7 Å². The Morgan fingerprint density at radius 3 is 2.68 bits per heavy atom. The average molecular weight is 298 g/mol. The van der Waals surface area contributed by atoms with Gasteiger partial charge in [-0.05, 0) is 37.5 Å². The Morgan fingerprint density at radius 2 is 1.95 bits per heavy atom. The Bertz CT molecular complexity index is 655. The third kappa shape index (κ3) is 4.28. The molecule has 1 aromatic heterocycles. The fourth-order valence-electron chi connectivity index (χ4n) is 2.08. The molecule has 0 aliphatic carbocycles. The fraction of sp³-hybridized carbons (Fsp3) is 0.353. The van der Waals surface area contributed by atoms with Crippen molar-refractivity contribution in [2.45, 2.75) is 33.7 Å². The fourth-order valence-corrected chi connectivity index (χ4v) is 2.08. The first kappa shape index (κ1) is 15.9. The molecule has 0 radical (unpaired) electrons. The van der Waals surface area contributed by atoms with Gasteiger partial charge in [-0.3, -0.25) is 4.79 Å². The summed E-state index contributed by atoms with van der Waals surface area (Å²) in [5.74, 6) is 0.316. The van der Waals surface area contributed by atoms with Crippen LogP contribution in [-0.4, -0.2) is 22.4 Å². The van der Waals surface area contributed by atoms with Crippen LogP contribution in [0.5, 0.6) is 0 Å². The van der Waals surface area contributed by atoms with Crippen LogP contribution >= 0.6 is 0 Å². The number of nitrogens with zero attached hydrogens (tertiary/aromatic N) is 2. The van der Waals surface area contributed by atoms with Crippen molar-refractivity contribution in [3.63, 3.8) is 0 Å². The minimum absolute atomic E-state index is 0.161. The van der Waals surface area contributed by atoms with Crippen LogP contribution in [0.2, 0.25) is 0 Å². The van der Waals surface area contributed by atoms with Gasteiger partial charge in [-0.15, -0.1) is 0 Å². The normalized spacial score (nSPS) is 10.3. The molecule has 0 saturated heterocycles. The summed E-state index contributed by atoms with van der Waals surface area (Å²) < 4.78 is 0. The van der Waals surface area contributed by atoms with Gasteiger partial charge in [-0.1, -0.05) is 31.2 Å². The topological polar surface area (TPSA) is 66.9 Å². The number of benzene rings is 1. The molecule has 2 rings (SSSR count). The summed E-state index contributed by atoms with van der Waals surface area (Å²) in [6.45, 7) is 7.22. The molecule has 1 heterocycles. The molecule has 0 aliphatic rings. The SMILES string of the molecule is CCCNC(=O)c1cc(C)nc(NCc2ccccc2C)n1. The van der Waals surface area contributed by atoms with Crippen LogP contribution < -0.4 is 10.6 Å². The zero-order chi connectivity index (χ0) is 15.9. The molecule has 0 fully saturated rings. The second-order valence-electron chi connectivity index (χ2n) is 5.25. The molecule has 2 aromatic rings. The lowest BCUT2D eigenvalue weighted by Crippen LogP contribution is -2.25. The predicted octanol–water partition coefficient (Wildman–Crippen LogP) is 2.85. The van der Waals surface area contributed by atoms with E-state index in [4.69, 9.17) is 0 Å². The van der Waals surface area contributed by atoms with Crippen molar-refractivity contribution < 1.29 is 4.79 Å². The Balaban J connectivity index is 2.09. The van der Waals surface area contributed by atoms with E-state index >= 15 is 0 Å². The highest BCUT2D eigenvalue weighted by atomic mass is 16.1. The van der Waals surface area contributed by atoms with E-state index in [2.05, 4.69) is 39.7 Å². The number of amides is 1. The van der Waals surface area contributed by atoms with Crippen molar-refractivity contribution in [1.29, 1.82) is 0 Å². The molecular formula is C17H22N4O.